The van der Waals surface area contributed by atoms with E-state index >= 15 is 0 Å². The average Bonchev–Trinajstić information content (AvgIpc) is 2.61. The van der Waals surface area contributed by atoms with Crippen molar-refractivity contribution in [1.29, 1.82) is 0 Å². The Bertz CT molecular complexity index is 779. The minimum Gasteiger partial charge on any atom is -0.482 e. The number of aliphatic carboxylic acids is 1. The maximum absolute atomic E-state index is 12.3. The van der Waals surface area contributed by atoms with Gasteiger partial charge in [-0.25, -0.2) is 14.8 Å². The standard InChI is InChI=1S/C18H20ClN3O4/c1-11(2)17-21-9-14(19)16(22-17)18(25)20-8-7-12-3-5-13(6-4-12)26-10-15(23)24/h3-6,9,11H,7-8,10H2,1-2H3,(H,20,25)(H,23,24). The third-order valence-corrected chi connectivity index (χ3v) is 3.76. The lowest BCUT2D eigenvalue weighted by Crippen LogP contribution is -2.27. The Morgan fingerprint density at radius 3 is 2.58 bits per heavy atom. The van der Waals surface area contributed by atoms with Crippen LogP contribution in [0.3, 0.4) is 0 Å². The Morgan fingerprint density at radius 2 is 1.96 bits per heavy atom. The van der Waals surface area contributed by atoms with E-state index in [1.807, 2.05) is 26.0 Å². The van der Waals surface area contributed by atoms with Crippen molar-refractivity contribution in [2.45, 2.75) is 26.2 Å². The van der Waals surface area contributed by atoms with Crippen LogP contribution in [-0.4, -0.2) is 40.1 Å². The SMILES string of the molecule is CC(C)c1ncc(Cl)c(C(=O)NCCc2ccc(OCC(=O)O)cc2)n1. The number of nitrogens with one attached hydrogen (secondary N) is 1. The molecule has 1 aromatic heterocycles. The average molecular weight is 378 g/mol. The van der Waals surface area contributed by atoms with Crippen molar-refractivity contribution >= 4 is 23.5 Å². The predicted molar refractivity (Wildman–Crippen MR) is 96.7 cm³/mol. The maximum atomic E-state index is 12.3. The summed E-state index contributed by atoms with van der Waals surface area (Å²) in [5.74, 6) is -0.229. The van der Waals surface area contributed by atoms with Crippen molar-refractivity contribution in [3.05, 3.63) is 52.6 Å². The molecule has 0 aliphatic rings. The zero-order valence-corrected chi connectivity index (χ0v) is 15.3. The highest BCUT2D eigenvalue weighted by molar-refractivity contribution is 6.33. The van der Waals surface area contributed by atoms with E-state index in [1.54, 1.807) is 12.1 Å². The Hall–Kier alpha value is -2.67. The second-order valence-corrected chi connectivity index (χ2v) is 6.32. The topological polar surface area (TPSA) is 101 Å². The molecule has 0 spiro atoms. The summed E-state index contributed by atoms with van der Waals surface area (Å²) in [5.41, 5.74) is 1.15. The van der Waals surface area contributed by atoms with E-state index < -0.39 is 5.97 Å². The van der Waals surface area contributed by atoms with E-state index in [-0.39, 0.29) is 29.1 Å². The second-order valence-electron chi connectivity index (χ2n) is 5.91. The van der Waals surface area contributed by atoms with Gasteiger partial charge in [-0.05, 0) is 24.1 Å². The molecule has 0 aliphatic carbocycles. The van der Waals surface area contributed by atoms with Crippen LogP contribution in [0, 0.1) is 0 Å². The summed E-state index contributed by atoms with van der Waals surface area (Å²) in [6, 6.07) is 7.02. The highest BCUT2D eigenvalue weighted by Gasteiger charge is 2.15. The third kappa shape index (κ3) is 5.70. The van der Waals surface area contributed by atoms with Gasteiger partial charge >= 0.3 is 5.97 Å². The smallest absolute Gasteiger partial charge is 0.341 e. The van der Waals surface area contributed by atoms with Gasteiger partial charge in [-0.2, -0.15) is 0 Å². The van der Waals surface area contributed by atoms with Crippen LogP contribution in [0.15, 0.2) is 30.5 Å². The van der Waals surface area contributed by atoms with E-state index in [9.17, 15) is 9.59 Å². The summed E-state index contributed by atoms with van der Waals surface area (Å²) in [7, 11) is 0. The number of nitrogens with zero attached hydrogens (tertiary/aromatic N) is 2. The van der Waals surface area contributed by atoms with Crippen LogP contribution in [0.1, 0.15) is 41.6 Å². The zero-order valence-electron chi connectivity index (χ0n) is 14.5. The summed E-state index contributed by atoms with van der Waals surface area (Å²) in [6.07, 6.45) is 2.04. The highest BCUT2D eigenvalue weighted by Crippen LogP contribution is 2.16. The lowest BCUT2D eigenvalue weighted by atomic mass is 10.1. The number of carbonyl (C=O) groups excluding carboxylic acids is 1. The molecule has 0 atom stereocenters. The van der Waals surface area contributed by atoms with Gasteiger partial charge < -0.3 is 15.2 Å². The van der Waals surface area contributed by atoms with Crippen molar-refractivity contribution < 1.29 is 19.4 Å². The first kappa shape index (κ1) is 19.7. The molecule has 0 bridgehead atoms. The molecule has 7 nitrogen and oxygen atoms in total. The normalized spacial score (nSPS) is 10.6. The van der Waals surface area contributed by atoms with Crippen molar-refractivity contribution in [1.82, 2.24) is 15.3 Å². The number of benzene rings is 1. The van der Waals surface area contributed by atoms with E-state index in [2.05, 4.69) is 15.3 Å². The molecule has 2 aromatic rings. The number of hydrogen-bond acceptors (Lipinski definition) is 5. The highest BCUT2D eigenvalue weighted by atomic mass is 35.5. The zero-order chi connectivity index (χ0) is 19.1. The minimum absolute atomic E-state index is 0.0978. The molecule has 26 heavy (non-hydrogen) atoms. The lowest BCUT2D eigenvalue weighted by Gasteiger charge is -2.09. The largest absolute Gasteiger partial charge is 0.482 e. The molecule has 0 unspecified atom stereocenters. The van der Waals surface area contributed by atoms with Crippen LogP contribution in [-0.2, 0) is 11.2 Å². The quantitative estimate of drug-likeness (QED) is 0.733. The Balaban J connectivity index is 1.88. The number of carboxylic acids is 1. The van der Waals surface area contributed by atoms with Crippen LogP contribution in [0.4, 0.5) is 0 Å². The van der Waals surface area contributed by atoms with E-state index in [0.29, 0.717) is 24.5 Å². The van der Waals surface area contributed by atoms with Gasteiger partial charge in [0.1, 0.15) is 17.3 Å². The number of aromatic nitrogens is 2. The monoisotopic (exact) mass is 377 g/mol. The molecule has 1 amide bonds. The van der Waals surface area contributed by atoms with Gasteiger partial charge in [0.05, 0.1) is 11.2 Å². The van der Waals surface area contributed by atoms with Gasteiger partial charge in [0.25, 0.3) is 5.91 Å². The number of rotatable bonds is 8. The molecule has 0 saturated heterocycles. The van der Waals surface area contributed by atoms with Crippen molar-refractivity contribution in [2.24, 2.45) is 0 Å². The van der Waals surface area contributed by atoms with Crippen LogP contribution in [0.2, 0.25) is 5.02 Å². The molecule has 138 valence electrons. The Labute approximate surface area is 156 Å². The first-order chi connectivity index (χ1) is 12.4. The van der Waals surface area contributed by atoms with Crippen LogP contribution in [0.5, 0.6) is 5.75 Å². The van der Waals surface area contributed by atoms with Gasteiger partial charge in [0.15, 0.2) is 6.61 Å². The summed E-state index contributed by atoms with van der Waals surface area (Å²) in [6.45, 7) is 3.91. The van der Waals surface area contributed by atoms with E-state index in [1.165, 1.54) is 6.20 Å². The minimum atomic E-state index is -1.03. The number of carbonyl (C=O) groups is 2. The third-order valence-electron chi connectivity index (χ3n) is 3.48. The molecule has 2 N–H and O–H groups in total. The Morgan fingerprint density at radius 1 is 1.27 bits per heavy atom. The number of ether oxygens (including phenoxy) is 1. The van der Waals surface area contributed by atoms with Crippen LogP contribution in [0.25, 0.3) is 0 Å². The number of carboxylic acid groups (broad SMARTS) is 1. The summed E-state index contributed by atoms with van der Waals surface area (Å²) in [4.78, 5) is 31.1. The fourth-order valence-electron chi connectivity index (χ4n) is 2.12. The summed E-state index contributed by atoms with van der Waals surface area (Å²) >= 11 is 6.02. The van der Waals surface area contributed by atoms with Gasteiger partial charge in [-0.3, -0.25) is 4.79 Å². The molecule has 0 fully saturated rings. The van der Waals surface area contributed by atoms with Crippen LogP contribution >= 0.6 is 11.6 Å². The first-order valence-electron chi connectivity index (χ1n) is 8.11. The van der Waals surface area contributed by atoms with Crippen molar-refractivity contribution in [2.75, 3.05) is 13.2 Å². The van der Waals surface area contributed by atoms with E-state index in [0.717, 1.165) is 5.56 Å². The molecular weight excluding hydrogens is 358 g/mol. The number of halogens is 1. The number of amides is 1. The van der Waals surface area contributed by atoms with Crippen molar-refractivity contribution in [3.8, 4) is 5.75 Å². The molecule has 1 aromatic carbocycles. The fraction of sp³-hybridized carbons (Fsp3) is 0.333. The Kier molecular flexibility index (Phi) is 6.91. The van der Waals surface area contributed by atoms with Gasteiger partial charge in [-0.1, -0.05) is 37.6 Å². The molecule has 0 saturated carbocycles. The molecule has 2 rings (SSSR count). The number of hydrogen-bond donors (Lipinski definition) is 2. The molecular formula is C18H20ClN3O4. The first-order valence-corrected chi connectivity index (χ1v) is 8.48. The summed E-state index contributed by atoms with van der Waals surface area (Å²) in [5, 5.41) is 11.6. The van der Waals surface area contributed by atoms with Crippen LogP contribution < -0.4 is 10.1 Å². The summed E-state index contributed by atoms with van der Waals surface area (Å²) < 4.78 is 5.07. The molecule has 8 heteroatoms. The molecule has 0 radical (unpaired) electrons. The fourth-order valence-corrected chi connectivity index (χ4v) is 2.30. The molecule has 1 heterocycles. The van der Waals surface area contributed by atoms with Gasteiger partial charge in [-0.15, -0.1) is 0 Å². The lowest BCUT2D eigenvalue weighted by molar-refractivity contribution is -0.139. The van der Waals surface area contributed by atoms with Crippen molar-refractivity contribution in [3.63, 3.8) is 0 Å². The van der Waals surface area contributed by atoms with E-state index in [4.69, 9.17) is 21.4 Å². The molecule has 0 aliphatic heterocycles. The second kappa shape index (κ2) is 9.15. The van der Waals surface area contributed by atoms with Gasteiger partial charge in [0.2, 0.25) is 0 Å². The van der Waals surface area contributed by atoms with Gasteiger partial charge in [0, 0.05) is 12.5 Å². The predicted octanol–water partition coefficient (Wildman–Crippen LogP) is 2.69. The maximum Gasteiger partial charge on any atom is 0.341 e.